The van der Waals surface area contributed by atoms with Gasteiger partial charge in [0, 0.05) is 18.2 Å². The molecule has 0 saturated carbocycles. The Bertz CT molecular complexity index is 552. The van der Waals surface area contributed by atoms with Crippen molar-refractivity contribution in [2.45, 2.75) is 26.4 Å². The minimum atomic E-state index is -0.431. The van der Waals surface area contributed by atoms with Gasteiger partial charge >= 0.3 is 0 Å². The summed E-state index contributed by atoms with van der Waals surface area (Å²) >= 11 is 0. The predicted molar refractivity (Wildman–Crippen MR) is 70.4 cm³/mol. The van der Waals surface area contributed by atoms with Gasteiger partial charge in [-0.05, 0) is 18.2 Å². The van der Waals surface area contributed by atoms with Gasteiger partial charge in [-0.15, -0.1) is 0 Å². The highest BCUT2D eigenvalue weighted by Gasteiger charge is 2.10. The summed E-state index contributed by atoms with van der Waals surface area (Å²) in [6.45, 7) is 4.74. The average Bonchev–Trinajstić information content (AvgIpc) is 2.85. The smallest absolute Gasteiger partial charge is 0.226 e. The molecule has 0 aliphatic carbocycles. The van der Waals surface area contributed by atoms with Crippen molar-refractivity contribution in [2.24, 2.45) is 0 Å². The molecule has 19 heavy (non-hydrogen) atoms. The van der Waals surface area contributed by atoms with Crippen LogP contribution >= 0.6 is 0 Å². The number of benzene rings is 1. The number of rotatable bonds is 5. The third-order valence-electron chi connectivity index (χ3n) is 2.64. The van der Waals surface area contributed by atoms with Crippen molar-refractivity contribution < 1.29 is 13.5 Å². The van der Waals surface area contributed by atoms with E-state index in [-0.39, 0.29) is 5.75 Å². The summed E-state index contributed by atoms with van der Waals surface area (Å²) in [5.41, 5.74) is 1.38. The summed E-state index contributed by atoms with van der Waals surface area (Å²) in [5.74, 6) is 0.180. The first-order chi connectivity index (χ1) is 9.10. The van der Waals surface area contributed by atoms with Crippen LogP contribution in [0.1, 0.15) is 19.5 Å². The van der Waals surface area contributed by atoms with Crippen LogP contribution in [-0.4, -0.2) is 18.1 Å². The first-order valence-electron chi connectivity index (χ1n) is 6.12. The van der Waals surface area contributed by atoms with E-state index in [0.29, 0.717) is 24.0 Å². The second-order valence-corrected chi connectivity index (χ2v) is 4.53. The van der Waals surface area contributed by atoms with Crippen LogP contribution in [0.3, 0.4) is 0 Å². The summed E-state index contributed by atoms with van der Waals surface area (Å²) in [7, 11) is 1.43. The van der Waals surface area contributed by atoms with Crippen molar-refractivity contribution in [2.75, 3.05) is 7.11 Å². The summed E-state index contributed by atoms with van der Waals surface area (Å²) in [6, 6.07) is 5.00. The van der Waals surface area contributed by atoms with E-state index in [1.165, 1.54) is 13.2 Å². The molecule has 0 saturated heterocycles. The van der Waals surface area contributed by atoms with Crippen molar-refractivity contribution in [1.29, 1.82) is 0 Å². The molecule has 0 bridgehead atoms. The molecule has 1 aromatic heterocycles. The average molecular weight is 264 g/mol. The van der Waals surface area contributed by atoms with E-state index in [4.69, 9.17) is 9.15 Å². The zero-order valence-corrected chi connectivity index (χ0v) is 11.2. The first kappa shape index (κ1) is 13.5. The van der Waals surface area contributed by atoms with E-state index >= 15 is 0 Å². The molecule has 0 spiro atoms. The van der Waals surface area contributed by atoms with Crippen molar-refractivity contribution in [1.82, 2.24) is 10.3 Å². The summed E-state index contributed by atoms with van der Waals surface area (Å²) < 4.78 is 23.8. The van der Waals surface area contributed by atoms with Crippen LogP contribution < -0.4 is 10.1 Å². The van der Waals surface area contributed by atoms with Gasteiger partial charge in [0.15, 0.2) is 11.6 Å². The molecule has 5 heteroatoms. The molecule has 1 N–H and O–H groups in total. The Hall–Kier alpha value is -1.88. The number of hydrogen-bond acceptors (Lipinski definition) is 4. The highest BCUT2D eigenvalue weighted by atomic mass is 19.1. The Balaban J connectivity index is 2.16. The van der Waals surface area contributed by atoms with Gasteiger partial charge in [-0.25, -0.2) is 9.37 Å². The van der Waals surface area contributed by atoms with Gasteiger partial charge in [-0.3, -0.25) is 0 Å². The molecule has 0 radical (unpaired) electrons. The van der Waals surface area contributed by atoms with Gasteiger partial charge in [0.1, 0.15) is 6.26 Å². The van der Waals surface area contributed by atoms with Crippen LogP contribution in [0.25, 0.3) is 11.5 Å². The molecular formula is C14H17FN2O2. The topological polar surface area (TPSA) is 47.3 Å². The van der Waals surface area contributed by atoms with E-state index in [0.717, 1.165) is 5.69 Å². The number of hydrogen-bond donors (Lipinski definition) is 1. The third kappa shape index (κ3) is 3.32. The van der Waals surface area contributed by atoms with Gasteiger partial charge in [-0.1, -0.05) is 13.8 Å². The standard InChI is InChI=1S/C14H17FN2O2/c1-9(2)16-7-11-8-19-14(17-11)10-4-5-13(18-3)12(15)6-10/h4-6,8-9,16H,7H2,1-3H3. The molecule has 2 aromatic rings. The lowest BCUT2D eigenvalue weighted by molar-refractivity contribution is 0.386. The largest absolute Gasteiger partial charge is 0.494 e. The lowest BCUT2D eigenvalue weighted by atomic mass is 10.2. The predicted octanol–water partition coefficient (Wildman–Crippen LogP) is 2.99. The van der Waals surface area contributed by atoms with Gasteiger partial charge in [0.05, 0.1) is 12.8 Å². The Labute approximate surface area is 111 Å². The van der Waals surface area contributed by atoms with Crippen molar-refractivity contribution in [3.8, 4) is 17.2 Å². The zero-order chi connectivity index (χ0) is 13.8. The van der Waals surface area contributed by atoms with Crippen LogP contribution in [0, 0.1) is 5.82 Å². The highest BCUT2D eigenvalue weighted by molar-refractivity contribution is 5.55. The maximum Gasteiger partial charge on any atom is 0.226 e. The lowest BCUT2D eigenvalue weighted by Crippen LogP contribution is -2.21. The molecule has 0 amide bonds. The molecule has 102 valence electrons. The number of ether oxygens (including phenoxy) is 1. The van der Waals surface area contributed by atoms with Crippen LogP contribution in [0.2, 0.25) is 0 Å². The fraction of sp³-hybridized carbons (Fsp3) is 0.357. The van der Waals surface area contributed by atoms with Crippen molar-refractivity contribution >= 4 is 0 Å². The van der Waals surface area contributed by atoms with Gasteiger partial charge in [0.2, 0.25) is 5.89 Å². The minimum absolute atomic E-state index is 0.206. The summed E-state index contributed by atoms with van der Waals surface area (Å²) in [4.78, 5) is 4.31. The number of methoxy groups -OCH3 is 1. The quantitative estimate of drug-likeness (QED) is 0.901. The summed E-state index contributed by atoms with van der Waals surface area (Å²) in [6.07, 6.45) is 1.58. The Morgan fingerprint density at radius 2 is 2.21 bits per heavy atom. The molecule has 1 heterocycles. The number of nitrogens with zero attached hydrogens (tertiary/aromatic N) is 1. The second-order valence-electron chi connectivity index (χ2n) is 4.53. The molecule has 0 aliphatic heterocycles. The van der Waals surface area contributed by atoms with Gasteiger partial charge < -0.3 is 14.5 Å². The Morgan fingerprint density at radius 1 is 1.42 bits per heavy atom. The first-order valence-corrected chi connectivity index (χ1v) is 6.12. The molecule has 0 atom stereocenters. The molecule has 0 unspecified atom stereocenters. The molecule has 2 rings (SSSR count). The normalized spacial score (nSPS) is 11.0. The summed E-state index contributed by atoms with van der Waals surface area (Å²) in [5, 5.41) is 3.24. The number of aromatic nitrogens is 1. The van der Waals surface area contributed by atoms with Gasteiger partial charge in [-0.2, -0.15) is 0 Å². The Kier molecular flexibility index (Phi) is 4.16. The zero-order valence-electron chi connectivity index (χ0n) is 11.2. The van der Waals surface area contributed by atoms with Gasteiger partial charge in [0.25, 0.3) is 0 Å². The molecule has 0 aliphatic rings. The van der Waals surface area contributed by atoms with Crippen LogP contribution in [0.5, 0.6) is 5.75 Å². The van der Waals surface area contributed by atoms with E-state index < -0.39 is 5.82 Å². The van der Waals surface area contributed by atoms with E-state index in [1.807, 2.05) is 0 Å². The second kappa shape index (κ2) is 5.84. The highest BCUT2D eigenvalue weighted by Crippen LogP contribution is 2.24. The maximum absolute atomic E-state index is 13.6. The van der Waals surface area contributed by atoms with Crippen LogP contribution in [0.4, 0.5) is 4.39 Å². The molecular weight excluding hydrogens is 247 g/mol. The monoisotopic (exact) mass is 264 g/mol. The van der Waals surface area contributed by atoms with Crippen LogP contribution in [-0.2, 0) is 6.54 Å². The molecule has 4 nitrogen and oxygen atoms in total. The number of nitrogens with one attached hydrogen (secondary N) is 1. The molecule has 0 fully saturated rings. The van der Waals surface area contributed by atoms with Crippen LogP contribution in [0.15, 0.2) is 28.9 Å². The van der Waals surface area contributed by atoms with Crippen molar-refractivity contribution in [3.63, 3.8) is 0 Å². The van der Waals surface area contributed by atoms with Crippen molar-refractivity contribution in [3.05, 3.63) is 36.0 Å². The van der Waals surface area contributed by atoms with E-state index in [9.17, 15) is 4.39 Å². The fourth-order valence-corrected chi connectivity index (χ4v) is 1.63. The lowest BCUT2D eigenvalue weighted by Gasteiger charge is -2.04. The minimum Gasteiger partial charge on any atom is -0.494 e. The van der Waals surface area contributed by atoms with E-state index in [1.54, 1.807) is 18.4 Å². The van der Waals surface area contributed by atoms with E-state index in [2.05, 4.69) is 24.1 Å². The maximum atomic E-state index is 13.6. The third-order valence-corrected chi connectivity index (χ3v) is 2.64. The molecule has 1 aromatic carbocycles. The number of halogens is 1. The Morgan fingerprint density at radius 3 is 2.84 bits per heavy atom. The number of oxazole rings is 1. The SMILES string of the molecule is COc1ccc(-c2nc(CNC(C)C)co2)cc1F. The fourth-order valence-electron chi connectivity index (χ4n) is 1.63.